The number of Topliss-reactive ketones (excluding diaryl/α,β-unsaturated/α-hetero) is 1. The largest absolute Gasteiger partial charge is 0.454 e. The molecule has 0 aromatic heterocycles. The number of sulfonamides is 1. The van der Waals surface area contributed by atoms with Gasteiger partial charge in [0, 0.05) is 31.7 Å². The van der Waals surface area contributed by atoms with E-state index in [1.165, 1.54) is 4.31 Å². The second kappa shape index (κ2) is 6.46. The van der Waals surface area contributed by atoms with Crippen LogP contribution in [0.5, 0.6) is 11.5 Å². The fourth-order valence-corrected chi connectivity index (χ4v) is 3.80. The van der Waals surface area contributed by atoms with Gasteiger partial charge in [-0.25, -0.2) is 8.42 Å². The second-order valence-corrected chi connectivity index (χ2v) is 7.82. The Morgan fingerprint density at radius 3 is 2.52 bits per heavy atom. The van der Waals surface area contributed by atoms with Crippen molar-refractivity contribution in [2.45, 2.75) is 6.92 Å². The number of nitrogens with zero attached hydrogens (tertiary/aromatic N) is 2. The minimum atomic E-state index is -3.14. The third-order valence-electron chi connectivity index (χ3n) is 4.15. The molecule has 0 radical (unpaired) electrons. The zero-order valence-corrected chi connectivity index (χ0v) is 13.8. The van der Waals surface area contributed by atoms with Crippen LogP contribution in [0, 0.1) is 0 Å². The highest BCUT2D eigenvalue weighted by Crippen LogP contribution is 2.32. The summed E-state index contributed by atoms with van der Waals surface area (Å²) >= 11 is 0. The number of carbonyl (C=O) groups is 1. The fourth-order valence-electron chi connectivity index (χ4n) is 2.71. The van der Waals surface area contributed by atoms with E-state index < -0.39 is 10.0 Å². The summed E-state index contributed by atoms with van der Waals surface area (Å²) < 4.78 is 35.7. The van der Waals surface area contributed by atoms with Gasteiger partial charge in [-0.05, 0) is 25.1 Å². The molecule has 23 heavy (non-hydrogen) atoms. The Kier molecular flexibility index (Phi) is 4.56. The fraction of sp³-hybridized carbons (Fsp3) is 0.533. The summed E-state index contributed by atoms with van der Waals surface area (Å²) in [6, 6.07) is 5.16. The monoisotopic (exact) mass is 340 g/mol. The molecule has 2 heterocycles. The van der Waals surface area contributed by atoms with Crippen molar-refractivity contribution in [3.8, 4) is 11.5 Å². The Hall–Kier alpha value is -1.64. The average Bonchev–Trinajstić information content (AvgIpc) is 3.03. The van der Waals surface area contributed by atoms with E-state index in [-0.39, 0.29) is 24.9 Å². The van der Waals surface area contributed by atoms with Crippen LogP contribution < -0.4 is 9.47 Å². The number of hydrogen-bond acceptors (Lipinski definition) is 6. The van der Waals surface area contributed by atoms with E-state index in [0.717, 1.165) is 0 Å². The maximum atomic E-state index is 12.4. The van der Waals surface area contributed by atoms with E-state index in [4.69, 9.17) is 9.47 Å². The Morgan fingerprint density at radius 2 is 1.83 bits per heavy atom. The molecule has 1 aromatic carbocycles. The van der Waals surface area contributed by atoms with Crippen LogP contribution in [0.15, 0.2) is 18.2 Å². The van der Waals surface area contributed by atoms with Crippen LogP contribution in [-0.4, -0.2) is 68.7 Å². The van der Waals surface area contributed by atoms with E-state index in [9.17, 15) is 13.2 Å². The molecule has 126 valence electrons. The lowest BCUT2D eigenvalue weighted by atomic mass is 10.1. The van der Waals surface area contributed by atoms with Crippen LogP contribution in [0.25, 0.3) is 0 Å². The highest BCUT2D eigenvalue weighted by atomic mass is 32.2. The molecule has 0 atom stereocenters. The lowest BCUT2D eigenvalue weighted by Gasteiger charge is -2.33. The van der Waals surface area contributed by atoms with Gasteiger partial charge in [-0.1, -0.05) is 0 Å². The maximum Gasteiger partial charge on any atom is 0.231 e. The quantitative estimate of drug-likeness (QED) is 0.729. The minimum Gasteiger partial charge on any atom is -0.454 e. The maximum absolute atomic E-state index is 12.4. The van der Waals surface area contributed by atoms with Crippen molar-refractivity contribution in [3.05, 3.63) is 23.8 Å². The van der Waals surface area contributed by atoms with Crippen LogP contribution in [0.1, 0.15) is 17.3 Å². The molecule has 2 aliphatic rings. The van der Waals surface area contributed by atoms with Gasteiger partial charge in [-0.15, -0.1) is 0 Å². The van der Waals surface area contributed by atoms with E-state index in [1.807, 2.05) is 4.90 Å². The van der Waals surface area contributed by atoms with Crippen LogP contribution >= 0.6 is 0 Å². The molecule has 0 amide bonds. The Balaban J connectivity index is 1.57. The summed E-state index contributed by atoms with van der Waals surface area (Å²) in [5, 5.41) is 0. The molecular weight excluding hydrogens is 320 g/mol. The topological polar surface area (TPSA) is 76.2 Å². The molecule has 1 aromatic rings. The Labute approximate surface area is 135 Å². The van der Waals surface area contributed by atoms with Crippen LogP contribution in [0.2, 0.25) is 0 Å². The lowest BCUT2D eigenvalue weighted by Crippen LogP contribution is -2.50. The average molecular weight is 340 g/mol. The summed E-state index contributed by atoms with van der Waals surface area (Å²) in [6.07, 6.45) is 0. The zero-order valence-electron chi connectivity index (χ0n) is 13.0. The smallest absolute Gasteiger partial charge is 0.231 e. The standard InChI is InChI=1S/C15H20N2O5S/c1-2-23(19,20)17-7-5-16(6-8-17)10-13(18)12-3-4-14-15(9-12)22-11-21-14/h3-4,9H,2,5-8,10-11H2,1H3. The molecule has 8 heteroatoms. The predicted octanol–water partition coefficient (Wildman–Crippen LogP) is 0.565. The molecule has 0 saturated carbocycles. The van der Waals surface area contributed by atoms with E-state index in [1.54, 1.807) is 25.1 Å². The SMILES string of the molecule is CCS(=O)(=O)N1CCN(CC(=O)c2ccc3c(c2)OCO3)CC1. The van der Waals surface area contributed by atoms with Gasteiger partial charge in [0.25, 0.3) is 0 Å². The molecule has 1 fully saturated rings. The molecule has 0 spiro atoms. The molecule has 0 bridgehead atoms. The first-order chi connectivity index (χ1) is 11.0. The van der Waals surface area contributed by atoms with Gasteiger partial charge in [0.05, 0.1) is 12.3 Å². The first-order valence-electron chi connectivity index (χ1n) is 7.62. The normalized spacial score (nSPS) is 19.0. The number of rotatable bonds is 5. The van der Waals surface area contributed by atoms with Crippen LogP contribution in [-0.2, 0) is 10.0 Å². The van der Waals surface area contributed by atoms with Gasteiger partial charge in [-0.3, -0.25) is 9.69 Å². The Morgan fingerprint density at radius 1 is 1.13 bits per heavy atom. The second-order valence-electron chi connectivity index (χ2n) is 5.57. The van der Waals surface area contributed by atoms with Crippen molar-refractivity contribution >= 4 is 15.8 Å². The molecule has 0 unspecified atom stereocenters. The number of hydrogen-bond donors (Lipinski definition) is 0. The van der Waals surface area contributed by atoms with Crippen LogP contribution in [0.4, 0.5) is 0 Å². The number of piperazine rings is 1. The van der Waals surface area contributed by atoms with Crippen molar-refractivity contribution in [2.24, 2.45) is 0 Å². The van der Waals surface area contributed by atoms with Gasteiger partial charge in [0.15, 0.2) is 17.3 Å². The third-order valence-corrected chi connectivity index (χ3v) is 6.03. The van der Waals surface area contributed by atoms with Gasteiger partial charge in [0.2, 0.25) is 16.8 Å². The zero-order chi connectivity index (χ0) is 16.4. The first-order valence-corrected chi connectivity index (χ1v) is 9.23. The molecular formula is C15H20N2O5S. The third kappa shape index (κ3) is 3.49. The molecule has 0 aliphatic carbocycles. The number of ether oxygens (including phenoxy) is 2. The molecule has 3 rings (SSSR count). The van der Waals surface area contributed by atoms with Gasteiger partial charge >= 0.3 is 0 Å². The number of fused-ring (bicyclic) bond motifs is 1. The summed E-state index contributed by atoms with van der Waals surface area (Å²) in [4.78, 5) is 14.4. The summed E-state index contributed by atoms with van der Waals surface area (Å²) in [5.74, 6) is 1.35. The summed E-state index contributed by atoms with van der Waals surface area (Å²) in [5.41, 5.74) is 0.581. The van der Waals surface area contributed by atoms with Crippen molar-refractivity contribution in [2.75, 3.05) is 45.3 Å². The highest BCUT2D eigenvalue weighted by molar-refractivity contribution is 7.89. The predicted molar refractivity (Wildman–Crippen MR) is 84.4 cm³/mol. The molecule has 1 saturated heterocycles. The number of ketones is 1. The molecule has 0 N–H and O–H groups in total. The summed E-state index contributed by atoms with van der Waals surface area (Å²) in [7, 11) is -3.14. The number of carbonyl (C=O) groups excluding carboxylic acids is 1. The molecule has 7 nitrogen and oxygen atoms in total. The van der Waals surface area contributed by atoms with Crippen molar-refractivity contribution < 1.29 is 22.7 Å². The van der Waals surface area contributed by atoms with Gasteiger partial charge in [0.1, 0.15) is 0 Å². The minimum absolute atomic E-state index is 0.00454. The van der Waals surface area contributed by atoms with Crippen molar-refractivity contribution in [3.63, 3.8) is 0 Å². The Bertz CT molecular complexity index is 696. The van der Waals surface area contributed by atoms with E-state index in [0.29, 0.717) is 43.2 Å². The number of benzene rings is 1. The van der Waals surface area contributed by atoms with Crippen LogP contribution in [0.3, 0.4) is 0 Å². The lowest BCUT2D eigenvalue weighted by molar-refractivity contribution is 0.0901. The van der Waals surface area contributed by atoms with Crippen molar-refractivity contribution in [1.29, 1.82) is 0 Å². The van der Waals surface area contributed by atoms with Gasteiger partial charge < -0.3 is 9.47 Å². The van der Waals surface area contributed by atoms with Gasteiger partial charge in [-0.2, -0.15) is 4.31 Å². The van der Waals surface area contributed by atoms with E-state index >= 15 is 0 Å². The first kappa shape index (κ1) is 16.2. The van der Waals surface area contributed by atoms with E-state index in [2.05, 4.69) is 0 Å². The summed E-state index contributed by atoms with van der Waals surface area (Å²) in [6.45, 7) is 4.10. The molecule has 2 aliphatic heterocycles. The highest BCUT2D eigenvalue weighted by Gasteiger charge is 2.26. The van der Waals surface area contributed by atoms with Crippen molar-refractivity contribution in [1.82, 2.24) is 9.21 Å².